The first-order valence-electron chi connectivity index (χ1n) is 3.99. The second-order valence-corrected chi connectivity index (χ2v) is 2.73. The molecule has 1 aromatic heterocycles. The fraction of sp³-hybridized carbons (Fsp3) is 0. The number of nitrogens with zero attached hydrogens (tertiary/aromatic N) is 2. The molecular formula is C10H6F2N2. The van der Waals surface area contributed by atoms with E-state index in [9.17, 15) is 8.78 Å². The molecule has 0 unspecified atom stereocenters. The molecule has 0 aliphatic carbocycles. The van der Waals surface area contributed by atoms with Gasteiger partial charge in [0, 0.05) is 5.56 Å². The monoisotopic (exact) mass is 192 g/mol. The van der Waals surface area contributed by atoms with Crippen LogP contribution in [-0.2, 0) is 0 Å². The van der Waals surface area contributed by atoms with E-state index >= 15 is 0 Å². The topological polar surface area (TPSA) is 25.8 Å². The first kappa shape index (κ1) is 8.74. The second-order valence-electron chi connectivity index (χ2n) is 2.73. The Morgan fingerprint density at radius 1 is 1.00 bits per heavy atom. The summed E-state index contributed by atoms with van der Waals surface area (Å²) in [6.45, 7) is 0. The van der Waals surface area contributed by atoms with E-state index < -0.39 is 5.82 Å². The zero-order valence-corrected chi connectivity index (χ0v) is 7.11. The minimum Gasteiger partial charge on any atom is -0.242 e. The standard InChI is InChI=1S/C10H6F2N2/c11-8-3-1-7(2-4-8)10-9(12)5-13-6-14-10/h1-6H. The number of rotatable bonds is 1. The highest BCUT2D eigenvalue weighted by atomic mass is 19.1. The molecule has 2 aromatic rings. The quantitative estimate of drug-likeness (QED) is 0.693. The highest BCUT2D eigenvalue weighted by Gasteiger charge is 2.05. The van der Waals surface area contributed by atoms with Crippen LogP contribution in [0.3, 0.4) is 0 Å². The average Bonchev–Trinajstić information content (AvgIpc) is 2.20. The zero-order chi connectivity index (χ0) is 9.97. The van der Waals surface area contributed by atoms with E-state index in [1.807, 2.05) is 0 Å². The normalized spacial score (nSPS) is 10.1. The van der Waals surface area contributed by atoms with Gasteiger partial charge in [0.25, 0.3) is 0 Å². The summed E-state index contributed by atoms with van der Waals surface area (Å²) in [4.78, 5) is 7.30. The molecular weight excluding hydrogens is 186 g/mol. The Kier molecular flexibility index (Phi) is 2.18. The van der Waals surface area contributed by atoms with Gasteiger partial charge in [-0.25, -0.2) is 18.7 Å². The summed E-state index contributed by atoms with van der Waals surface area (Å²) in [6.07, 6.45) is 2.33. The van der Waals surface area contributed by atoms with Crippen LogP contribution in [0.2, 0.25) is 0 Å². The lowest BCUT2D eigenvalue weighted by atomic mass is 10.1. The summed E-state index contributed by atoms with van der Waals surface area (Å²) < 4.78 is 25.7. The first-order valence-corrected chi connectivity index (χ1v) is 3.99. The molecule has 2 nitrogen and oxygen atoms in total. The highest BCUT2D eigenvalue weighted by molar-refractivity contribution is 5.58. The van der Waals surface area contributed by atoms with Gasteiger partial charge in [-0.05, 0) is 24.3 Å². The fourth-order valence-electron chi connectivity index (χ4n) is 1.13. The Labute approximate surface area is 79.3 Å². The molecule has 0 N–H and O–H groups in total. The number of halogens is 2. The van der Waals surface area contributed by atoms with Crippen molar-refractivity contribution in [2.24, 2.45) is 0 Å². The Morgan fingerprint density at radius 3 is 2.36 bits per heavy atom. The summed E-state index contributed by atoms with van der Waals surface area (Å²) in [6, 6.07) is 5.47. The van der Waals surface area contributed by atoms with Crippen LogP contribution >= 0.6 is 0 Å². The zero-order valence-electron chi connectivity index (χ0n) is 7.11. The van der Waals surface area contributed by atoms with E-state index in [2.05, 4.69) is 9.97 Å². The summed E-state index contributed by atoms with van der Waals surface area (Å²) in [5, 5.41) is 0. The second kappa shape index (κ2) is 3.49. The van der Waals surface area contributed by atoms with Crippen molar-refractivity contribution < 1.29 is 8.78 Å². The Balaban J connectivity index is 2.50. The van der Waals surface area contributed by atoms with Gasteiger partial charge >= 0.3 is 0 Å². The maximum absolute atomic E-state index is 13.2. The van der Waals surface area contributed by atoms with E-state index in [4.69, 9.17) is 0 Å². The fourth-order valence-corrected chi connectivity index (χ4v) is 1.13. The molecule has 0 atom stereocenters. The van der Waals surface area contributed by atoms with Gasteiger partial charge in [0.05, 0.1) is 6.20 Å². The van der Waals surface area contributed by atoms with Crippen molar-refractivity contribution >= 4 is 0 Å². The molecule has 0 aliphatic heterocycles. The summed E-state index contributed by atoms with van der Waals surface area (Å²) in [7, 11) is 0. The SMILES string of the molecule is Fc1ccc(-c2ncncc2F)cc1. The third kappa shape index (κ3) is 1.59. The average molecular weight is 192 g/mol. The molecule has 1 aromatic carbocycles. The van der Waals surface area contributed by atoms with Gasteiger partial charge in [0.15, 0.2) is 5.82 Å². The minimum absolute atomic E-state index is 0.181. The molecule has 0 saturated carbocycles. The van der Waals surface area contributed by atoms with Crippen molar-refractivity contribution in [1.82, 2.24) is 9.97 Å². The van der Waals surface area contributed by atoms with Crippen LogP contribution in [0.25, 0.3) is 11.3 Å². The lowest BCUT2D eigenvalue weighted by Gasteiger charge is -2.00. The predicted molar refractivity (Wildman–Crippen MR) is 47.4 cm³/mol. The van der Waals surface area contributed by atoms with E-state index in [0.29, 0.717) is 5.56 Å². The molecule has 1 heterocycles. The van der Waals surface area contributed by atoms with Crippen LogP contribution in [0.5, 0.6) is 0 Å². The third-order valence-electron chi connectivity index (χ3n) is 1.79. The number of hydrogen-bond acceptors (Lipinski definition) is 2. The van der Waals surface area contributed by atoms with Gasteiger partial charge in [0.2, 0.25) is 0 Å². The molecule has 0 fully saturated rings. The van der Waals surface area contributed by atoms with Crippen LogP contribution in [0.1, 0.15) is 0 Å². The molecule has 0 radical (unpaired) electrons. The molecule has 0 amide bonds. The van der Waals surface area contributed by atoms with Crippen LogP contribution in [0.4, 0.5) is 8.78 Å². The van der Waals surface area contributed by atoms with Crippen molar-refractivity contribution in [3.05, 3.63) is 48.4 Å². The molecule has 70 valence electrons. The number of aromatic nitrogens is 2. The van der Waals surface area contributed by atoms with Crippen molar-refractivity contribution in [3.8, 4) is 11.3 Å². The molecule has 14 heavy (non-hydrogen) atoms. The summed E-state index contributed by atoms with van der Waals surface area (Å²) in [5.41, 5.74) is 0.714. The van der Waals surface area contributed by atoms with Crippen LogP contribution in [-0.4, -0.2) is 9.97 Å². The number of hydrogen-bond donors (Lipinski definition) is 0. The van der Waals surface area contributed by atoms with E-state index in [1.54, 1.807) is 0 Å². The van der Waals surface area contributed by atoms with Crippen molar-refractivity contribution in [1.29, 1.82) is 0 Å². The van der Waals surface area contributed by atoms with Gasteiger partial charge in [-0.3, -0.25) is 0 Å². The van der Waals surface area contributed by atoms with Crippen molar-refractivity contribution in [3.63, 3.8) is 0 Å². The van der Waals surface area contributed by atoms with Crippen LogP contribution in [0.15, 0.2) is 36.8 Å². The lowest BCUT2D eigenvalue weighted by molar-refractivity contribution is 0.616. The van der Waals surface area contributed by atoms with Gasteiger partial charge in [0.1, 0.15) is 17.8 Å². The molecule has 2 rings (SSSR count). The molecule has 0 aliphatic rings. The van der Waals surface area contributed by atoms with Gasteiger partial charge in [-0.1, -0.05) is 0 Å². The largest absolute Gasteiger partial charge is 0.242 e. The Morgan fingerprint density at radius 2 is 1.71 bits per heavy atom. The third-order valence-corrected chi connectivity index (χ3v) is 1.79. The predicted octanol–water partition coefficient (Wildman–Crippen LogP) is 2.42. The molecule has 0 spiro atoms. The van der Waals surface area contributed by atoms with E-state index in [1.165, 1.54) is 30.6 Å². The van der Waals surface area contributed by atoms with Crippen LogP contribution < -0.4 is 0 Å². The van der Waals surface area contributed by atoms with Crippen molar-refractivity contribution in [2.75, 3.05) is 0 Å². The summed E-state index contributed by atoms with van der Waals surface area (Å²) >= 11 is 0. The maximum Gasteiger partial charge on any atom is 0.167 e. The molecule has 4 heteroatoms. The van der Waals surface area contributed by atoms with Gasteiger partial charge in [-0.2, -0.15) is 0 Å². The summed E-state index contributed by atoms with van der Waals surface area (Å²) in [5.74, 6) is -0.873. The minimum atomic E-state index is -0.515. The van der Waals surface area contributed by atoms with E-state index in [-0.39, 0.29) is 11.5 Å². The maximum atomic E-state index is 13.2. The molecule has 0 bridgehead atoms. The highest BCUT2D eigenvalue weighted by Crippen LogP contribution is 2.18. The van der Waals surface area contributed by atoms with Gasteiger partial charge in [-0.15, -0.1) is 0 Å². The first-order chi connectivity index (χ1) is 6.77. The molecule has 0 saturated heterocycles. The van der Waals surface area contributed by atoms with Crippen molar-refractivity contribution in [2.45, 2.75) is 0 Å². The van der Waals surface area contributed by atoms with E-state index in [0.717, 1.165) is 6.20 Å². The Hall–Kier alpha value is -1.84. The smallest absolute Gasteiger partial charge is 0.167 e. The number of benzene rings is 1. The lowest BCUT2D eigenvalue weighted by Crippen LogP contribution is -1.90. The van der Waals surface area contributed by atoms with Gasteiger partial charge < -0.3 is 0 Å². The Bertz CT molecular complexity index is 440. The van der Waals surface area contributed by atoms with Crippen LogP contribution in [0, 0.1) is 11.6 Å².